The molecule has 0 bridgehead atoms. The topological polar surface area (TPSA) is 6.48 Å². The van der Waals surface area contributed by atoms with Crippen LogP contribution in [-0.2, 0) is 0 Å². The molecular formula is C56H48B2N2. The zero-order chi connectivity index (χ0) is 41.1. The lowest BCUT2D eigenvalue weighted by Crippen LogP contribution is -2.62. The normalized spacial score (nSPS) is 13.2. The van der Waals surface area contributed by atoms with E-state index in [1.54, 1.807) is 0 Å². The first-order valence-electron chi connectivity index (χ1n) is 21.5. The molecule has 0 spiro atoms. The molecule has 3 aliphatic heterocycles. The zero-order valence-electron chi connectivity index (χ0n) is 35.9. The molecule has 8 aromatic rings. The molecule has 60 heavy (non-hydrogen) atoms. The highest BCUT2D eigenvalue weighted by atomic mass is 15.3. The molecule has 0 aromatic heterocycles. The van der Waals surface area contributed by atoms with E-state index in [9.17, 15) is 0 Å². The molecule has 2 nitrogen and oxygen atoms in total. The molecule has 3 aliphatic rings. The maximum Gasteiger partial charge on any atom is 0.247 e. The average molecular weight is 771 g/mol. The second-order valence-electron chi connectivity index (χ2n) is 17.8. The SMILES string of the molecule is Cc1cc(C)c(B2c3cc(-c4ccccc4C)ccc3N3c4cccc5c4N(c4ccc(-c6ccccc6C)cc4B5c4c(C)cc(C)cc4C)c4cccc2c43)c(C)c1. The van der Waals surface area contributed by atoms with Crippen molar-refractivity contribution in [3.8, 4) is 22.3 Å². The Balaban J connectivity index is 1.23. The van der Waals surface area contributed by atoms with Crippen LogP contribution in [0.2, 0.25) is 0 Å². The van der Waals surface area contributed by atoms with Crippen LogP contribution in [0, 0.1) is 55.4 Å². The first-order chi connectivity index (χ1) is 29.1. The van der Waals surface area contributed by atoms with Gasteiger partial charge < -0.3 is 9.80 Å². The molecule has 4 heteroatoms. The molecule has 0 saturated heterocycles. The Morgan fingerprint density at radius 1 is 0.317 bits per heavy atom. The van der Waals surface area contributed by atoms with Gasteiger partial charge in [-0.15, -0.1) is 0 Å². The van der Waals surface area contributed by atoms with Crippen LogP contribution in [0.4, 0.5) is 34.1 Å². The third kappa shape index (κ3) is 5.29. The Morgan fingerprint density at radius 2 is 0.700 bits per heavy atom. The summed E-state index contributed by atoms with van der Waals surface area (Å²) in [6, 6.07) is 55.8. The quantitative estimate of drug-likeness (QED) is 0.165. The van der Waals surface area contributed by atoms with Gasteiger partial charge in [0.2, 0.25) is 13.4 Å². The fourth-order valence-corrected chi connectivity index (χ4v) is 11.5. The molecular weight excluding hydrogens is 722 g/mol. The number of hydrogen-bond donors (Lipinski definition) is 0. The van der Waals surface area contributed by atoms with E-state index in [1.807, 2.05) is 0 Å². The third-order valence-corrected chi connectivity index (χ3v) is 13.8. The second kappa shape index (κ2) is 13.5. The van der Waals surface area contributed by atoms with Crippen LogP contribution in [0.25, 0.3) is 22.3 Å². The highest BCUT2D eigenvalue weighted by Gasteiger charge is 2.47. The largest absolute Gasteiger partial charge is 0.307 e. The molecule has 0 N–H and O–H groups in total. The molecule has 0 amide bonds. The van der Waals surface area contributed by atoms with Gasteiger partial charge in [0.25, 0.3) is 0 Å². The number of hydrogen-bond acceptors (Lipinski definition) is 2. The van der Waals surface area contributed by atoms with Crippen molar-refractivity contribution in [1.29, 1.82) is 0 Å². The van der Waals surface area contributed by atoms with Gasteiger partial charge in [0, 0.05) is 11.4 Å². The van der Waals surface area contributed by atoms with E-state index in [2.05, 4.69) is 211 Å². The van der Waals surface area contributed by atoms with Gasteiger partial charge in [0.15, 0.2) is 0 Å². The van der Waals surface area contributed by atoms with E-state index in [1.165, 1.54) is 134 Å². The van der Waals surface area contributed by atoms with Crippen molar-refractivity contribution in [2.45, 2.75) is 55.4 Å². The Labute approximate surface area is 356 Å². The predicted octanol–water partition coefficient (Wildman–Crippen LogP) is 10.4. The fraction of sp³-hybridized carbons (Fsp3) is 0.143. The fourth-order valence-electron chi connectivity index (χ4n) is 11.5. The summed E-state index contributed by atoms with van der Waals surface area (Å²) < 4.78 is 0. The molecule has 8 aromatic carbocycles. The van der Waals surface area contributed by atoms with E-state index in [0.29, 0.717) is 0 Å². The summed E-state index contributed by atoms with van der Waals surface area (Å²) in [6.45, 7) is 18.3. The molecule has 3 heterocycles. The standard InChI is InChI=1S/C56H48B2N2/c1-33-27-37(5)53(38(6)28-33)57-45-19-13-21-51-55(45)59(49-25-23-41(31-47(49)57)43-17-11-9-15-35(43)3)52-22-14-20-46-56(52)60(51)50-26-24-42(44-18-12-10-16-36(44)4)32-48(50)58(46)54-39(7)29-34(2)30-40(54)8/h9-32H,1-8H3. The van der Waals surface area contributed by atoms with Gasteiger partial charge >= 0.3 is 0 Å². The number of para-hydroxylation sites is 2. The Morgan fingerprint density at radius 3 is 1.08 bits per heavy atom. The number of fused-ring (bicyclic) bond motifs is 6. The number of aryl methyl sites for hydroxylation is 8. The van der Waals surface area contributed by atoms with E-state index >= 15 is 0 Å². The zero-order valence-corrected chi connectivity index (χ0v) is 35.9. The Kier molecular flexibility index (Phi) is 8.23. The number of anilines is 6. The van der Waals surface area contributed by atoms with Crippen LogP contribution in [0.5, 0.6) is 0 Å². The van der Waals surface area contributed by atoms with Crippen LogP contribution < -0.4 is 42.6 Å². The summed E-state index contributed by atoms with van der Waals surface area (Å²) in [7, 11) is 0. The smallest absolute Gasteiger partial charge is 0.247 e. The van der Waals surface area contributed by atoms with Crippen molar-refractivity contribution in [1.82, 2.24) is 0 Å². The van der Waals surface area contributed by atoms with Gasteiger partial charge in [-0.25, -0.2) is 0 Å². The van der Waals surface area contributed by atoms with E-state index in [4.69, 9.17) is 0 Å². The van der Waals surface area contributed by atoms with Gasteiger partial charge in [-0.2, -0.15) is 0 Å². The first kappa shape index (κ1) is 36.6. The van der Waals surface area contributed by atoms with Gasteiger partial charge in [-0.05, 0) is 135 Å². The molecule has 0 fully saturated rings. The van der Waals surface area contributed by atoms with Crippen molar-refractivity contribution in [2.75, 3.05) is 9.80 Å². The second-order valence-corrected chi connectivity index (χ2v) is 17.8. The summed E-state index contributed by atoms with van der Waals surface area (Å²) in [4.78, 5) is 5.23. The summed E-state index contributed by atoms with van der Waals surface area (Å²) in [6.07, 6.45) is 0. The van der Waals surface area contributed by atoms with Crippen molar-refractivity contribution < 1.29 is 0 Å². The van der Waals surface area contributed by atoms with Crippen molar-refractivity contribution in [2.24, 2.45) is 0 Å². The monoisotopic (exact) mass is 770 g/mol. The highest BCUT2D eigenvalue weighted by Crippen LogP contribution is 2.55. The minimum Gasteiger partial charge on any atom is -0.307 e. The molecule has 0 saturated carbocycles. The summed E-state index contributed by atoms with van der Waals surface area (Å²) in [5.41, 5.74) is 31.4. The molecule has 0 radical (unpaired) electrons. The van der Waals surface area contributed by atoms with Crippen LogP contribution in [0.1, 0.15) is 44.5 Å². The lowest BCUT2D eigenvalue weighted by atomic mass is 9.33. The lowest BCUT2D eigenvalue weighted by molar-refractivity contribution is 1.18. The van der Waals surface area contributed by atoms with E-state index < -0.39 is 0 Å². The predicted molar refractivity (Wildman–Crippen MR) is 260 cm³/mol. The van der Waals surface area contributed by atoms with E-state index in [-0.39, 0.29) is 13.4 Å². The van der Waals surface area contributed by atoms with Gasteiger partial charge in [-0.3, -0.25) is 0 Å². The van der Waals surface area contributed by atoms with Gasteiger partial charge in [0.1, 0.15) is 0 Å². The van der Waals surface area contributed by atoms with Crippen molar-refractivity contribution >= 4 is 80.3 Å². The van der Waals surface area contributed by atoms with Crippen molar-refractivity contribution in [3.05, 3.63) is 190 Å². The average Bonchev–Trinajstić information content (AvgIpc) is 3.22. The molecule has 288 valence electrons. The minimum atomic E-state index is 0.0544. The molecule has 0 atom stereocenters. The molecule has 11 rings (SSSR count). The summed E-state index contributed by atoms with van der Waals surface area (Å²) >= 11 is 0. The van der Waals surface area contributed by atoms with Crippen LogP contribution >= 0.6 is 0 Å². The first-order valence-corrected chi connectivity index (χ1v) is 21.5. The Hall–Kier alpha value is -6.51. The summed E-state index contributed by atoms with van der Waals surface area (Å²) in [5.74, 6) is 0. The minimum absolute atomic E-state index is 0.0544. The lowest BCUT2D eigenvalue weighted by Gasteiger charge is -2.49. The van der Waals surface area contributed by atoms with Crippen LogP contribution in [0.3, 0.4) is 0 Å². The third-order valence-electron chi connectivity index (χ3n) is 13.8. The number of nitrogens with zero attached hydrogens (tertiary/aromatic N) is 2. The number of benzene rings is 8. The maximum absolute atomic E-state index is 2.62. The maximum atomic E-state index is 2.62. The molecule has 0 aliphatic carbocycles. The Bertz CT molecular complexity index is 2870. The summed E-state index contributed by atoms with van der Waals surface area (Å²) in [5, 5.41) is 0. The van der Waals surface area contributed by atoms with Crippen molar-refractivity contribution in [3.63, 3.8) is 0 Å². The van der Waals surface area contributed by atoms with Crippen LogP contribution in [0.15, 0.2) is 146 Å². The van der Waals surface area contributed by atoms with Gasteiger partial charge in [0.05, 0.1) is 22.7 Å². The highest BCUT2D eigenvalue weighted by molar-refractivity contribution is 7.00. The van der Waals surface area contributed by atoms with Crippen LogP contribution in [-0.4, -0.2) is 13.4 Å². The van der Waals surface area contributed by atoms with Gasteiger partial charge in [-0.1, -0.05) is 166 Å². The molecule has 0 unspecified atom stereocenters. The van der Waals surface area contributed by atoms with E-state index in [0.717, 1.165) is 0 Å². The number of rotatable bonds is 4.